The number of carbonyl (C=O) groups is 1. The van der Waals surface area contributed by atoms with E-state index in [1.54, 1.807) is 0 Å². The molecular weight excluding hydrogens is 232 g/mol. The Morgan fingerprint density at radius 3 is 2.89 bits per heavy atom. The topological polar surface area (TPSA) is 89.8 Å². The molecule has 0 radical (unpaired) electrons. The average molecular weight is 250 g/mol. The van der Waals surface area contributed by atoms with Crippen molar-refractivity contribution in [3.63, 3.8) is 0 Å². The second-order valence-electron chi connectivity index (χ2n) is 5.38. The van der Waals surface area contributed by atoms with E-state index < -0.39 is 0 Å². The molecule has 4 N–H and O–H groups in total. The summed E-state index contributed by atoms with van der Waals surface area (Å²) in [6, 6.07) is 0.206. The number of aromatic amines is 2. The number of H-pyrrole nitrogens is 2. The van der Waals surface area contributed by atoms with Crippen LogP contribution in [0.4, 0.5) is 0 Å². The van der Waals surface area contributed by atoms with Gasteiger partial charge in [-0.1, -0.05) is 0 Å². The zero-order valence-electron chi connectivity index (χ0n) is 10.2. The smallest absolute Gasteiger partial charge is 0.323 e. The van der Waals surface area contributed by atoms with Gasteiger partial charge in [0, 0.05) is 17.8 Å². The summed E-state index contributed by atoms with van der Waals surface area (Å²) in [5, 5.41) is 6.57. The maximum atomic E-state index is 11.9. The molecule has 0 aromatic carbocycles. The summed E-state index contributed by atoms with van der Waals surface area (Å²) in [7, 11) is 0. The molecule has 1 aromatic rings. The lowest BCUT2D eigenvalue weighted by atomic mass is 9.70. The van der Waals surface area contributed by atoms with Crippen molar-refractivity contribution >= 4 is 5.91 Å². The Balaban J connectivity index is 1.62. The molecule has 1 aliphatic carbocycles. The van der Waals surface area contributed by atoms with Gasteiger partial charge in [0.2, 0.25) is 0 Å². The van der Waals surface area contributed by atoms with Crippen molar-refractivity contribution in [3.05, 3.63) is 22.4 Å². The fraction of sp³-hybridized carbons (Fsp3) is 0.667. The molecule has 1 amide bonds. The van der Waals surface area contributed by atoms with Crippen LogP contribution in [0.1, 0.15) is 42.6 Å². The highest BCUT2D eigenvalue weighted by Crippen LogP contribution is 2.38. The number of aromatic nitrogens is 2. The number of piperidine rings is 1. The molecule has 98 valence electrons. The third-order valence-corrected chi connectivity index (χ3v) is 4.12. The molecule has 3 rings (SSSR count). The number of amides is 1. The molecule has 18 heavy (non-hydrogen) atoms. The fourth-order valence-electron chi connectivity index (χ4n) is 2.98. The highest BCUT2D eigenvalue weighted by molar-refractivity contribution is 5.92. The second-order valence-corrected chi connectivity index (χ2v) is 5.38. The Bertz CT molecular complexity index is 500. The minimum Gasteiger partial charge on any atom is -0.348 e. The first kappa shape index (κ1) is 11.5. The van der Waals surface area contributed by atoms with E-state index in [4.69, 9.17) is 0 Å². The van der Waals surface area contributed by atoms with E-state index in [1.165, 1.54) is 25.5 Å². The number of hydrogen-bond donors (Lipinski definition) is 4. The van der Waals surface area contributed by atoms with Crippen molar-refractivity contribution in [2.45, 2.75) is 43.7 Å². The van der Waals surface area contributed by atoms with E-state index in [1.807, 2.05) is 0 Å². The summed E-state index contributed by atoms with van der Waals surface area (Å²) in [5.74, 6) is -0.199. The predicted octanol–water partition coefficient (Wildman–Crippen LogP) is 0.108. The van der Waals surface area contributed by atoms with Gasteiger partial charge in [0.1, 0.15) is 5.69 Å². The molecule has 2 aliphatic rings. The van der Waals surface area contributed by atoms with Gasteiger partial charge in [-0.2, -0.15) is 0 Å². The van der Waals surface area contributed by atoms with Crippen LogP contribution >= 0.6 is 0 Å². The molecule has 0 bridgehead atoms. The Hall–Kier alpha value is -1.56. The van der Waals surface area contributed by atoms with Gasteiger partial charge in [0.15, 0.2) is 0 Å². The normalized spacial score (nSPS) is 25.7. The molecule has 1 aliphatic heterocycles. The summed E-state index contributed by atoms with van der Waals surface area (Å²) in [6.45, 7) is 0.953. The van der Waals surface area contributed by atoms with Crippen LogP contribution in [-0.4, -0.2) is 34.0 Å². The first-order valence-electron chi connectivity index (χ1n) is 6.50. The molecule has 1 saturated carbocycles. The number of nitrogens with one attached hydrogen (secondary N) is 4. The van der Waals surface area contributed by atoms with Crippen LogP contribution in [0.2, 0.25) is 0 Å². The highest BCUT2D eigenvalue weighted by Gasteiger charge is 2.41. The number of carbonyl (C=O) groups excluding carboxylic acids is 1. The number of hydrogen-bond acceptors (Lipinski definition) is 3. The molecular formula is C12H18N4O2. The third kappa shape index (κ3) is 2.08. The van der Waals surface area contributed by atoms with Gasteiger partial charge in [-0.15, -0.1) is 0 Å². The van der Waals surface area contributed by atoms with Crippen molar-refractivity contribution in [3.8, 4) is 0 Å². The Morgan fingerprint density at radius 2 is 2.28 bits per heavy atom. The van der Waals surface area contributed by atoms with Crippen LogP contribution in [0.15, 0.2) is 11.0 Å². The van der Waals surface area contributed by atoms with E-state index in [0.717, 1.165) is 19.4 Å². The summed E-state index contributed by atoms with van der Waals surface area (Å²) in [6.07, 6.45) is 7.05. The van der Waals surface area contributed by atoms with E-state index in [-0.39, 0.29) is 23.2 Å². The van der Waals surface area contributed by atoms with Gasteiger partial charge in [0.05, 0.1) is 0 Å². The average Bonchev–Trinajstić information content (AvgIpc) is 2.74. The monoisotopic (exact) mass is 250 g/mol. The van der Waals surface area contributed by atoms with E-state index in [2.05, 4.69) is 20.6 Å². The minimum atomic E-state index is -0.346. The summed E-state index contributed by atoms with van der Waals surface area (Å²) >= 11 is 0. The lowest BCUT2D eigenvalue weighted by Gasteiger charge is -2.48. The standard InChI is InChI=1S/C12H18N4O2/c17-10(9-7-13-11(18)16-9)15-8-2-5-14-12(6-8)3-1-4-12/h7-8,14H,1-6H2,(H,15,17)(H2,13,16,18). The molecule has 1 unspecified atom stereocenters. The van der Waals surface area contributed by atoms with Crippen LogP contribution in [0.25, 0.3) is 0 Å². The molecule has 1 atom stereocenters. The lowest BCUT2D eigenvalue weighted by molar-refractivity contribution is 0.0849. The first-order chi connectivity index (χ1) is 8.67. The molecule has 1 spiro atoms. The van der Waals surface area contributed by atoms with Crippen LogP contribution in [0.3, 0.4) is 0 Å². The zero-order valence-corrected chi connectivity index (χ0v) is 10.2. The Morgan fingerprint density at radius 1 is 1.44 bits per heavy atom. The fourth-order valence-corrected chi connectivity index (χ4v) is 2.98. The van der Waals surface area contributed by atoms with E-state index in [9.17, 15) is 9.59 Å². The van der Waals surface area contributed by atoms with Crippen molar-refractivity contribution in [1.82, 2.24) is 20.6 Å². The maximum absolute atomic E-state index is 11.9. The van der Waals surface area contributed by atoms with Crippen LogP contribution in [0.5, 0.6) is 0 Å². The highest BCUT2D eigenvalue weighted by atomic mass is 16.2. The minimum absolute atomic E-state index is 0.199. The number of imidazole rings is 1. The second kappa shape index (κ2) is 4.28. The Labute approximate surface area is 105 Å². The van der Waals surface area contributed by atoms with Crippen molar-refractivity contribution in [2.75, 3.05) is 6.54 Å². The largest absolute Gasteiger partial charge is 0.348 e. The number of rotatable bonds is 2. The lowest BCUT2D eigenvalue weighted by Crippen LogP contribution is -2.59. The van der Waals surface area contributed by atoms with Crippen LogP contribution < -0.4 is 16.3 Å². The van der Waals surface area contributed by atoms with Gasteiger partial charge in [-0.25, -0.2) is 4.79 Å². The molecule has 2 heterocycles. The van der Waals surface area contributed by atoms with Gasteiger partial charge < -0.3 is 20.6 Å². The van der Waals surface area contributed by atoms with Crippen molar-refractivity contribution in [1.29, 1.82) is 0 Å². The van der Waals surface area contributed by atoms with Crippen LogP contribution in [0, 0.1) is 0 Å². The maximum Gasteiger partial charge on any atom is 0.323 e. The molecule has 2 fully saturated rings. The van der Waals surface area contributed by atoms with Gasteiger partial charge in [-0.05, 0) is 38.6 Å². The Kier molecular flexibility index (Phi) is 2.74. The van der Waals surface area contributed by atoms with E-state index in [0.29, 0.717) is 5.69 Å². The van der Waals surface area contributed by atoms with Crippen molar-refractivity contribution in [2.24, 2.45) is 0 Å². The molecule has 6 nitrogen and oxygen atoms in total. The van der Waals surface area contributed by atoms with Gasteiger partial charge >= 0.3 is 5.69 Å². The summed E-state index contributed by atoms with van der Waals surface area (Å²) < 4.78 is 0. The molecule has 6 heteroatoms. The molecule has 1 aromatic heterocycles. The predicted molar refractivity (Wildman–Crippen MR) is 66.5 cm³/mol. The first-order valence-corrected chi connectivity index (χ1v) is 6.50. The summed E-state index contributed by atoms with van der Waals surface area (Å²) in [5.41, 5.74) is 0.226. The quantitative estimate of drug-likeness (QED) is 0.600. The summed E-state index contributed by atoms with van der Waals surface area (Å²) in [4.78, 5) is 27.8. The van der Waals surface area contributed by atoms with E-state index >= 15 is 0 Å². The SMILES string of the molecule is O=C(NC1CCNC2(CCC2)C1)c1c[nH]c(=O)[nH]1. The van der Waals surface area contributed by atoms with Crippen molar-refractivity contribution < 1.29 is 4.79 Å². The van der Waals surface area contributed by atoms with Crippen LogP contribution in [-0.2, 0) is 0 Å². The van der Waals surface area contributed by atoms with Gasteiger partial charge in [0.25, 0.3) is 5.91 Å². The van der Waals surface area contributed by atoms with Gasteiger partial charge in [-0.3, -0.25) is 4.79 Å². The molecule has 1 saturated heterocycles. The third-order valence-electron chi connectivity index (χ3n) is 4.12. The zero-order chi connectivity index (χ0) is 12.6.